The van der Waals surface area contributed by atoms with Gasteiger partial charge in [-0.1, -0.05) is 0 Å². The van der Waals surface area contributed by atoms with Gasteiger partial charge < -0.3 is 19.6 Å². The van der Waals surface area contributed by atoms with Crippen molar-refractivity contribution in [2.24, 2.45) is 0 Å². The summed E-state index contributed by atoms with van der Waals surface area (Å²) in [5.41, 5.74) is 2.04. The van der Waals surface area contributed by atoms with Crippen LogP contribution in [0.2, 0.25) is 0 Å². The van der Waals surface area contributed by atoms with Crippen LogP contribution in [0.3, 0.4) is 0 Å². The molecule has 0 saturated heterocycles. The summed E-state index contributed by atoms with van der Waals surface area (Å²) in [7, 11) is -2.50. The van der Waals surface area contributed by atoms with Gasteiger partial charge in [0.1, 0.15) is 14.9 Å². The summed E-state index contributed by atoms with van der Waals surface area (Å²) in [6.07, 6.45) is 2.51. The van der Waals surface area contributed by atoms with Gasteiger partial charge in [-0.25, -0.2) is 8.42 Å². The largest absolute Gasteiger partial charge is 1.00 e. The first-order chi connectivity index (χ1) is 10.9. The smallest absolute Gasteiger partial charge is 0.739 e. The van der Waals surface area contributed by atoms with Crippen LogP contribution in [-0.4, -0.2) is 43.3 Å². The van der Waals surface area contributed by atoms with Crippen LogP contribution in [-0.2, 0) is 20.4 Å². The Kier molecular flexibility index (Phi) is 8.61. The van der Waals surface area contributed by atoms with Gasteiger partial charge in [0.15, 0.2) is 0 Å². The van der Waals surface area contributed by atoms with E-state index in [1.54, 1.807) is 7.11 Å². The number of nitrogens with one attached hydrogen (secondary N) is 2. The van der Waals surface area contributed by atoms with Gasteiger partial charge in [-0.05, 0) is 41.0 Å². The Morgan fingerprint density at radius 1 is 1.42 bits per heavy atom. The van der Waals surface area contributed by atoms with E-state index in [0.717, 1.165) is 22.2 Å². The molecule has 2 aromatic rings. The number of aromatic amines is 1. The maximum absolute atomic E-state index is 11.6. The summed E-state index contributed by atoms with van der Waals surface area (Å²) in [6.45, 7) is 0.428. The van der Waals surface area contributed by atoms with Crippen LogP contribution in [0, 0.1) is 0 Å². The summed E-state index contributed by atoms with van der Waals surface area (Å²) in [4.78, 5) is 14.7. The van der Waals surface area contributed by atoms with E-state index in [2.05, 4.69) is 10.3 Å². The van der Waals surface area contributed by atoms with Crippen molar-refractivity contribution >= 4 is 36.8 Å². The first-order valence-electron chi connectivity index (χ1n) is 6.90. The van der Waals surface area contributed by atoms with Crippen molar-refractivity contribution in [3.8, 4) is 5.75 Å². The molecule has 1 aromatic carbocycles. The summed E-state index contributed by atoms with van der Waals surface area (Å²) in [5.74, 6) is 0.443. The minimum atomic E-state index is -4.34. The minimum Gasteiger partial charge on any atom is -0.739 e. The quantitative estimate of drug-likeness (QED) is 0.325. The number of hydrogen-bond donors (Lipinski definition) is 2. The molecule has 0 radical (unpaired) electrons. The van der Waals surface area contributed by atoms with E-state index >= 15 is 0 Å². The van der Waals surface area contributed by atoms with Gasteiger partial charge >= 0.3 is 29.6 Å². The second-order valence-corrected chi connectivity index (χ2v) is 8.20. The van der Waals surface area contributed by atoms with Gasteiger partial charge in [0.2, 0.25) is 5.91 Å². The van der Waals surface area contributed by atoms with Gasteiger partial charge in [0, 0.05) is 35.8 Å². The van der Waals surface area contributed by atoms with E-state index < -0.39 is 9.15 Å². The number of rotatable bonds is 8. The number of carbonyl (C=O) groups is 1. The molecular weight excluding hydrogens is 363 g/mol. The van der Waals surface area contributed by atoms with Gasteiger partial charge in [-0.2, -0.15) is 0 Å². The molecule has 1 amide bonds. The molecule has 0 unspecified atom stereocenters. The van der Waals surface area contributed by atoms with Crippen LogP contribution in [0.4, 0.5) is 0 Å². The standard InChI is InChI=1S/C14H18N2O5S2.Na/c1-21-11-2-3-13-12(8-11)10(9-16-13)4-6-15-14(17)5-7-22-23(18,19)20;/h2-3,8-9,16H,4-7H2,1H3,(H,15,17)(H,18,19,20);/q;+1/p-1. The minimum absolute atomic E-state index is 0. The predicted octanol–water partition coefficient (Wildman–Crippen LogP) is -1.58. The molecule has 7 nitrogen and oxygen atoms in total. The zero-order valence-corrected chi connectivity index (χ0v) is 17.1. The molecule has 1 heterocycles. The van der Waals surface area contributed by atoms with Crippen molar-refractivity contribution in [1.82, 2.24) is 10.3 Å². The fourth-order valence-electron chi connectivity index (χ4n) is 2.15. The summed E-state index contributed by atoms with van der Waals surface area (Å²) in [5, 5.41) is 3.74. The number of methoxy groups -OCH3 is 1. The van der Waals surface area contributed by atoms with Crippen molar-refractivity contribution in [1.29, 1.82) is 0 Å². The molecule has 0 atom stereocenters. The molecule has 2 rings (SSSR count). The van der Waals surface area contributed by atoms with Crippen molar-refractivity contribution in [3.05, 3.63) is 30.0 Å². The van der Waals surface area contributed by atoms with E-state index in [1.807, 2.05) is 24.4 Å². The molecule has 10 heteroatoms. The molecule has 126 valence electrons. The molecule has 0 bridgehead atoms. The maximum Gasteiger partial charge on any atom is 1.00 e. The van der Waals surface area contributed by atoms with Crippen LogP contribution < -0.4 is 39.6 Å². The first-order valence-corrected chi connectivity index (χ1v) is 9.81. The number of fused-ring (bicyclic) bond motifs is 1. The maximum atomic E-state index is 11.6. The predicted molar refractivity (Wildman–Crippen MR) is 88.3 cm³/mol. The van der Waals surface area contributed by atoms with E-state index in [1.165, 1.54) is 0 Å². The Morgan fingerprint density at radius 2 is 2.17 bits per heavy atom. The first kappa shape index (κ1) is 21.3. The Balaban J connectivity index is 0.00000288. The van der Waals surface area contributed by atoms with E-state index in [-0.39, 0.29) is 58.4 Å². The van der Waals surface area contributed by atoms with E-state index in [0.29, 0.717) is 13.0 Å². The molecule has 0 aliphatic rings. The second-order valence-electron chi connectivity index (χ2n) is 4.81. The third kappa shape index (κ3) is 6.66. The Hall–Kier alpha value is -0.710. The third-order valence-electron chi connectivity index (χ3n) is 3.25. The monoisotopic (exact) mass is 380 g/mol. The Morgan fingerprint density at radius 3 is 2.83 bits per heavy atom. The molecular formula is C14H17N2NaO5S2. The van der Waals surface area contributed by atoms with Crippen LogP contribution >= 0.6 is 10.8 Å². The fraction of sp³-hybridized carbons (Fsp3) is 0.357. The molecule has 1 aromatic heterocycles. The van der Waals surface area contributed by atoms with Crippen molar-refractivity contribution < 1.29 is 52.1 Å². The molecule has 0 fully saturated rings. The third-order valence-corrected chi connectivity index (χ3v) is 5.27. The van der Waals surface area contributed by atoms with Crippen LogP contribution in [0.5, 0.6) is 5.75 Å². The summed E-state index contributed by atoms with van der Waals surface area (Å²) in [6, 6.07) is 5.72. The molecule has 0 spiro atoms. The Labute approximate surface area is 166 Å². The number of amides is 1. The molecule has 0 aliphatic heterocycles. The molecule has 0 saturated carbocycles. The SMILES string of the molecule is COc1ccc2[nH]cc(CCNC(=O)CCSS(=O)(=O)[O-])c2c1.[Na+]. The van der Waals surface area contributed by atoms with Gasteiger partial charge in [0.05, 0.1) is 7.11 Å². The summed E-state index contributed by atoms with van der Waals surface area (Å²) >= 11 is 0. The van der Waals surface area contributed by atoms with Crippen molar-refractivity contribution in [2.75, 3.05) is 19.4 Å². The van der Waals surface area contributed by atoms with Gasteiger partial charge in [-0.15, -0.1) is 0 Å². The van der Waals surface area contributed by atoms with Crippen LogP contribution in [0.25, 0.3) is 10.9 Å². The molecule has 0 aliphatic carbocycles. The number of aromatic nitrogens is 1. The summed E-state index contributed by atoms with van der Waals surface area (Å²) < 4.78 is 36.5. The molecule has 2 N–H and O–H groups in total. The number of H-pyrrole nitrogens is 1. The average Bonchev–Trinajstić information content (AvgIpc) is 2.88. The Bertz CT molecular complexity index is 792. The second kappa shape index (κ2) is 9.69. The average molecular weight is 380 g/mol. The number of ether oxygens (including phenoxy) is 1. The zero-order valence-electron chi connectivity index (χ0n) is 13.5. The van der Waals surface area contributed by atoms with Crippen molar-refractivity contribution in [2.45, 2.75) is 12.8 Å². The number of carbonyl (C=O) groups excluding carboxylic acids is 1. The number of hydrogen-bond acceptors (Lipinski definition) is 6. The van der Waals surface area contributed by atoms with Gasteiger partial charge in [0.25, 0.3) is 0 Å². The van der Waals surface area contributed by atoms with Crippen molar-refractivity contribution in [3.63, 3.8) is 0 Å². The van der Waals surface area contributed by atoms with Crippen LogP contribution in [0.15, 0.2) is 24.4 Å². The normalized spacial score (nSPS) is 11.1. The van der Waals surface area contributed by atoms with Crippen LogP contribution in [0.1, 0.15) is 12.0 Å². The zero-order chi connectivity index (χ0) is 16.9. The molecule has 24 heavy (non-hydrogen) atoms. The van der Waals surface area contributed by atoms with Gasteiger partial charge in [-0.3, -0.25) is 4.79 Å². The number of benzene rings is 1. The van der Waals surface area contributed by atoms with E-state index in [9.17, 15) is 17.8 Å². The fourth-order valence-corrected chi connectivity index (χ4v) is 3.49. The topological polar surface area (TPSA) is 111 Å². The van der Waals surface area contributed by atoms with E-state index in [4.69, 9.17) is 4.74 Å².